The van der Waals surface area contributed by atoms with E-state index in [1.807, 2.05) is 0 Å². The average Bonchev–Trinajstić information content (AvgIpc) is 2.09. The Labute approximate surface area is 76.2 Å². The van der Waals surface area contributed by atoms with Gasteiger partial charge in [-0.05, 0) is 18.6 Å². The number of hydrogen-bond acceptors (Lipinski definition) is 2. The van der Waals surface area contributed by atoms with Crippen molar-refractivity contribution in [3.63, 3.8) is 0 Å². The average molecular weight is 179 g/mol. The summed E-state index contributed by atoms with van der Waals surface area (Å²) in [5, 5.41) is 17.9. The van der Waals surface area contributed by atoms with Gasteiger partial charge in [-0.2, -0.15) is 5.26 Å². The SMILES string of the molecule is CC(O)(C#N)Cc1ccccc1F. The van der Waals surface area contributed by atoms with E-state index in [2.05, 4.69) is 0 Å². The van der Waals surface area contributed by atoms with Crippen LogP contribution in [0.3, 0.4) is 0 Å². The van der Waals surface area contributed by atoms with Gasteiger partial charge in [0, 0.05) is 6.42 Å². The third-order valence-electron chi connectivity index (χ3n) is 1.73. The van der Waals surface area contributed by atoms with E-state index in [9.17, 15) is 9.50 Å². The number of benzene rings is 1. The highest BCUT2D eigenvalue weighted by Gasteiger charge is 2.21. The van der Waals surface area contributed by atoms with Crippen LogP contribution in [-0.4, -0.2) is 10.7 Å². The van der Waals surface area contributed by atoms with Crippen LogP contribution in [0.4, 0.5) is 4.39 Å². The fourth-order valence-electron chi connectivity index (χ4n) is 1.05. The molecule has 1 rings (SSSR count). The molecule has 0 bridgehead atoms. The zero-order valence-electron chi connectivity index (χ0n) is 7.29. The van der Waals surface area contributed by atoms with Gasteiger partial charge in [0.2, 0.25) is 0 Å². The molecule has 0 saturated heterocycles. The predicted molar refractivity (Wildman–Crippen MR) is 46.3 cm³/mol. The molecule has 1 atom stereocenters. The van der Waals surface area contributed by atoms with Gasteiger partial charge in [-0.3, -0.25) is 0 Å². The first-order valence-corrected chi connectivity index (χ1v) is 3.92. The number of halogens is 1. The molecule has 68 valence electrons. The Morgan fingerprint density at radius 3 is 2.69 bits per heavy atom. The first-order chi connectivity index (χ1) is 6.05. The van der Waals surface area contributed by atoms with Gasteiger partial charge in [-0.15, -0.1) is 0 Å². The van der Waals surface area contributed by atoms with Crippen molar-refractivity contribution in [2.45, 2.75) is 18.9 Å². The minimum absolute atomic E-state index is 0.0101. The molecule has 1 aromatic rings. The maximum Gasteiger partial charge on any atom is 0.152 e. The Kier molecular flexibility index (Phi) is 2.64. The Hall–Kier alpha value is -1.40. The molecule has 0 aromatic heterocycles. The summed E-state index contributed by atoms with van der Waals surface area (Å²) in [4.78, 5) is 0. The zero-order valence-corrected chi connectivity index (χ0v) is 7.29. The Morgan fingerprint density at radius 1 is 1.54 bits per heavy atom. The maximum atomic E-state index is 13.0. The molecule has 2 nitrogen and oxygen atoms in total. The predicted octanol–water partition coefficient (Wildman–Crippen LogP) is 1.64. The first kappa shape index (κ1) is 9.69. The van der Waals surface area contributed by atoms with E-state index >= 15 is 0 Å². The summed E-state index contributed by atoms with van der Waals surface area (Å²) in [6.07, 6.45) is 0.0101. The minimum atomic E-state index is -1.50. The van der Waals surface area contributed by atoms with Crippen molar-refractivity contribution >= 4 is 0 Å². The van der Waals surface area contributed by atoms with E-state index in [1.165, 1.54) is 13.0 Å². The molecule has 1 unspecified atom stereocenters. The molecule has 0 aliphatic carbocycles. The third kappa shape index (κ3) is 2.53. The second-order valence-electron chi connectivity index (χ2n) is 3.15. The number of nitriles is 1. The minimum Gasteiger partial charge on any atom is -0.375 e. The van der Waals surface area contributed by atoms with E-state index in [4.69, 9.17) is 5.26 Å². The van der Waals surface area contributed by atoms with Crippen LogP contribution in [0.2, 0.25) is 0 Å². The fraction of sp³-hybridized carbons (Fsp3) is 0.300. The monoisotopic (exact) mass is 179 g/mol. The fourth-order valence-corrected chi connectivity index (χ4v) is 1.05. The summed E-state index contributed by atoms with van der Waals surface area (Å²) >= 11 is 0. The van der Waals surface area contributed by atoms with Crippen LogP contribution >= 0.6 is 0 Å². The lowest BCUT2D eigenvalue weighted by Crippen LogP contribution is -2.24. The number of nitrogens with zero attached hydrogens (tertiary/aromatic N) is 1. The van der Waals surface area contributed by atoms with Crippen molar-refractivity contribution in [2.24, 2.45) is 0 Å². The number of hydrogen-bond donors (Lipinski definition) is 1. The van der Waals surface area contributed by atoms with Gasteiger partial charge in [0.05, 0.1) is 6.07 Å². The highest BCUT2D eigenvalue weighted by molar-refractivity contribution is 5.21. The molecule has 0 fully saturated rings. The summed E-state index contributed by atoms with van der Waals surface area (Å²) in [5.74, 6) is -0.391. The third-order valence-corrected chi connectivity index (χ3v) is 1.73. The standard InChI is InChI=1S/C10H10FNO/c1-10(13,7-12)6-8-4-2-3-5-9(8)11/h2-5,13H,6H2,1H3. The highest BCUT2D eigenvalue weighted by atomic mass is 19.1. The normalized spacial score (nSPS) is 14.6. The molecule has 0 saturated carbocycles. The second kappa shape index (κ2) is 3.55. The van der Waals surface area contributed by atoms with Gasteiger partial charge in [-0.1, -0.05) is 18.2 Å². The maximum absolute atomic E-state index is 13.0. The Balaban J connectivity index is 2.88. The van der Waals surface area contributed by atoms with Gasteiger partial charge in [0.25, 0.3) is 0 Å². The van der Waals surface area contributed by atoms with E-state index < -0.39 is 11.4 Å². The zero-order chi connectivity index (χ0) is 9.90. The van der Waals surface area contributed by atoms with Gasteiger partial charge >= 0.3 is 0 Å². The van der Waals surface area contributed by atoms with E-state index in [0.717, 1.165) is 0 Å². The molecule has 13 heavy (non-hydrogen) atoms. The molecule has 0 aliphatic rings. The molecular formula is C10H10FNO. The second-order valence-corrected chi connectivity index (χ2v) is 3.15. The van der Waals surface area contributed by atoms with Gasteiger partial charge in [0.15, 0.2) is 5.60 Å². The van der Waals surface area contributed by atoms with Crippen molar-refractivity contribution in [3.8, 4) is 6.07 Å². The van der Waals surface area contributed by atoms with Crippen molar-refractivity contribution in [1.29, 1.82) is 5.26 Å². The van der Waals surface area contributed by atoms with Crippen LogP contribution < -0.4 is 0 Å². The lowest BCUT2D eigenvalue weighted by molar-refractivity contribution is 0.119. The Bertz CT molecular complexity index is 341. The largest absolute Gasteiger partial charge is 0.375 e. The van der Waals surface area contributed by atoms with Crippen LogP contribution in [0.15, 0.2) is 24.3 Å². The van der Waals surface area contributed by atoms with Crippen LogP contribution in [0.25, 0.3) is 0 Å². The summed E-state index contributed by atoms with van der Waals surface area (Å²) in [6.45, 7) is 1.36. The molecule has 0 heterocycles. The van der Waals surface area contributed by atoms with Crippen molar-refractivity contribution in [3.05, 3.63) is 35.6 Å². The van der Waals surface area contributed by atoms with E-state index in [0.29, 0.717) is 5.56 Å². The highest BCUT2D eigenvalue weighted by Crippen LogP contribution is 2.14. The molecule has 0 spiro atoms. The van der Waals surface area contributed by atoms with Crippen LogP contribution in [0, 0.1) is 17.1 Å². The summed E-state index contributed by atoms with van der Waals surface area (Å²) in [6, 6.07) is 7.81. The van der Waals surface area contributed by atoms with Gasteiger partial charge < -0.3 is 5.11 Å². The molecule has 3 heteroatoms. The van der Waals surface area contributed by atoms with E-state index in [1.54, 1.807) is 24.3 Å². The van der Waals surface area contributed by atoms with Crippen molar-refractivity contribution in [2.75, 3.05) is 0 Å². The van der Waals surface area contributed by atoms with Crippen LogP contribution in [0.1, 0.15) is 12.5 Å². The van der Waals surface area contributed by atoms with Crippen molar-refractivity contribution < 1.29 is 9.50 Å². The quantitative estimate of drug-likeness (QED) is 0.701. The van der Waals surface area contributed by atoms with Crippen molar-refractivity contribution in [1.82, 2.24) is 0 Å². The van der Waals surface area contributed by atoms with E-state index in [-0.39, 0.29) is 6.42 Å². The summed E-state index contributed by atoms with van der Waals surface area (Å²) in [7, 11) is 0. The lowest BCUT2D eigenvalue weighted by atomic mass is 9.98. The smallest absolute Gasteiger partial charge is 0.152 e. The molecule has 1 aromatic carbocycles. The van der Waals surface area contributed by atoms with Crippen LogP contribution in [-0.2, 0) is 6.42 Å². The molecule has 0 amide bonds. The first-order valence-electron chi connectivity index (χ1n) is 3.92. The molecule has 0 radical (unpaired) electrons. The summed E-state index contributed by atoms with van der Waals surface area (Å²) < 4.78 is 13.0. The Morgan fingerprint density at radius 2 is 2.15 bits per heavy atom. The topological polar surface area (TPSA) is 44.0 Å². The van der Waals surface area contributed by atoms with Gasteiger partial charge in [0.1, 0.15) is 5.82 Å². The molecule has 1 N–H and O–H groups in total. The number of rotatable bonds is 2. The van der Waals surface area contributed by atoms with Crippen LogP contribution in [0.5, 0.6) is 0 Å². The molecule has 0 aliphatic heterocycles. The number of aliphatic hydroxyl groups is 1. The van der Waals surface area contributed by atoms with Gasteiger partial charge in [-0.25, -0.2) is 4.39 Å². The molecular weight excluding hydrogens is 169 g/mol. The summed E-state index contributed by atoms with van der Waals surface area (Å²) in [5.41, 5.74) is -1.14. The lowest BCUT2D eigenvalue weighted by Gasteiger charge is -2.13.